The van der Waals surface area contributed by atoms with E-state index in [1.165, 1.54) is 13.0 Å². The maximum Gasteiger partial charge on any atom is 0.159 e. The molecular weight excluding hydrogens is 193 g/mol. The van der Waals surface area contributed by atoms with E-state index in [9.17, 15) is 9.18 Å². The molecule has 0 saturated heterocycles. The summed E-state index contributed by atoms with van der Waals surface area (Å²) in [5, 5.41) is 0. The Kier molecular flexibility index (Phi) is 3.83. The maximum atomic E-state index is 13.6. The number of benzene rings is 1. The summed E-state index contributed by atoms with van der Waals surface area (Å²) in [5.41, 5.74) is 0.980. The van der Waals surface area contributed by atoms with E-state index in [-0.39, 0.29) is 11.6 Å². The fourth-order valence-electron chi connectivity index (χ4n) is 1.55. The van der Waals surface area contributed by atoms with Crippen LogP contribution in [-0.4, -0.2) is 18.9 Å². The summed E-state index contributed by atoms with van der Waals surface area (Å²) in [7, 11) is 0. The lowest BCUT2D eigenvalue weighted by molar-refractivity contribution is 0.101. The molecule has 0 aliphatic carbocycles. The van der Waals surface area contributed by atoms with Gasteiger partial charge in [-0.3, -0.25) is 4.79 Å². The molecule has 3 heteroatoms. The zero-order valence-corrected chi connectivity index (χ0v) is 9.38. The Morgan fingerprint density at radius 1 is 1.33 bits per heavy atom. The van der Waals surface area contributed by atoms with Crippen molar-refractivity contribution in [2.45, 2.75) is 20.8 Å². The van der Waals surface area contributed by atoms with Crippen molar-refractivity contribution in [2.75, 3.05) is 18.0 Å². The normalized spacial score (nSPS) is 10.1. The van der Waals surface area contributed by atoms with Gasteiger partial charge in [0.15, 0.2) is 5.78 Å². The molecule has 0 amide bonds. The van der Waals surface area contributed by atoms with E-state index in [1.807, 2.05) is 18.7 Å². The van der Waals surface area contributed by atoms with Crippen molar-refractivity contribution in [2.24, 2.45) is 0 Å². The number of hydrogen-bond donors (Lipinski definition) is 0. The number of hydrogen-bond acceptors (Lipinski definition) is 2. The Labute approximate surface area is 89.7 Å². The average molecular weight is 209 g/mol. The second kappa shape index (κ2) is 4.91. The van der Waals surface area contributed by atoms with Crippen LogP contribution in [0.25, 0.3) is 0 Å². The number of anilines is 1. The van der Waals surface area contributed by atoms with E-state index < -0.39 is 0 Å². The molecule has 1 rings (SSSR count). The van der Waals surface area contributed by atoms with E-state index in [0.29, 0.717) is 11.3 Å². The quantitative estimate of drug-likeness (QED) is 0.711. The van der Waals surface area contributed by atoms with Crippen LogP contribution in [0.4, 0.5) is 10.1 Å². The Balaban J connectivity index is 3.07. The molecule has 82 valence electrons. The van der Waals surface area contributed by atoms with E-state index >= 15 is 0 Å². The monoisotopic (exact) mass is 209 g/mol. The second-order valence-electron chi connectivity index (χ2n) is 3.39. The third-order valence-electron chi connectivity index (χ3n) is 2.46. The van der Waals surface area contributed by atoms with Crippen molar-refractivity contribution < 1.29 is 9.18 Å². The van der Waals surface area contributed by atoms with Gasteiger partial charge in [-0.1, -0.05) is 0 Å². The van der Waals surface area contributed by atoms with Gasteiger partial charge in [0.25, 0.3) is 0 Å². The van der Waals surface area contributed by atoms with Crippen LogP contribution in [0.5, 0.6) is 0 Å². The number of halogens is 1. The van der Waals surface area contributed by atoms with Gasteiger partial charge in [-0.05, 0) is 39.0 Å². The van der Waals surface area contributed by atoms with Crippen LogP contribution in [0, 0.1) is 5.82 Å². The SMILES string of the molecule is CCN(CC)c1ccc(C(C)=O)cc1F. The minimum absolute atomic E-state index is 0.111. The lowest BCUT2D eigenvalue weighted by atomic mass is 10.1. The van der Waals surface area contributed by atoms with Crippen LogP contribution >= 0.6 is 0 Å². The van der Waals surface area contributed by atoms with Crippen molar-refractivity contribution >= 4 is 11.5 Å². The van der Waals surface area contributed by atoms with Crippen molar-refractivity contribution in [1.29, 1.82) is 0 Å². The molecule has 0 atom stereocenters. The van der Waals surface area contributed by atoms with Gasteiger partial charge in [-0.25, -0.2) is 4.39 Å². The van der Waals surface area contributed by atoms with Gasteiger partial charge >= 0.3 is 0 Å². The average Bonchev–Trinajstić information content (AvgIpc) is 2.21. The summed E-state index contributed by atoms with van der Waals surface area (Å²) in [6.45, 7) is 6.90. The molecule has 2 nitrogen and oxygen atoms in total. The van der Waals surface area contributed by atoms with Crippen molar-refractivity contribution in [1.82, 2.24) is 0 Å². The highest BCUT2D eigenvalue weighted by atomic mass is 19.1. The summed E-state index contributed by atoms with van der Waals surface area (Å²) >= 11 is 0. The summed E-state index contributed by atoms with van der Waals surface area (Å²) in [6.07, 6.45) is 0. The van der Waals surface area contributed by atoms with Crippen molar-refractivity contribution in [3.63, 3.8) is 0 Å². The molecule has 0 spiro atoms. The van der Waals surface area contributed by atoms with Crippen LogP contribution in [0.1, 0.15) is 31.1 Å². The molecule has 0 saturated carbocycles. The van der Waals surface area contributed by atoms with Gasteiger partial charge in [0, 0.05) is 18.7 Å². The molecule has 0 radical (unpaired) electrons. The largest absolute Gasteiger partial charge is 0.370 e. The predicted molar refractivity (Wildman–Crippen MR) is 60.0 cm³/mol. The van der Waals surface area contributed by atoms with Gasteiger partial charge in [-0.2, -0.15) is 0 Å². The molecule has 0 aliphatic heterocycles. The van der Waals surface area contributed by atoms with Crippen LogP contribution in [-0.2, 0) is 0 Å². The highest BCUT2D eigenvalue weighted by Crippen LogP contribution is 2.20. The topological polar surface area (TPSA) is 20.3 Å². The van der Waals surface area contributed by atoms with Crippen molar-refractivity contribution in [3.05, 3.63) is 29.6 Å². The molecule has 1 aromatic carbocycles. The second-order valence-corrected chi connectivity index (χ2v) is 3.39. The molecule has 0 aromatic heterocycles. The van der Waals surface area contributed by atoms with Crippen molar-refractivity contribution in [3.8, 4) is 0 Å². The first kappa shape index (κ1) is 11.7. The van der Waals surface area contributed by atoms with Crippen LogP contribution in [0.2, 0.25) is 0 Å². The molecule has 0 fully saturated rings. The fraction of sp³-hybridized carbons (Fsp3) is 0.417. The van der Waals surface area contributed by atoms with Crippen LogP contribution in [0.3, 0.4) is 0 Å². The maximum absolute atomic E-state index is 13.6. The first-order valence-electron chi connectivity index (χ1n) is 5.15. The van der Waals surface area contributed by atoms with E-state index in [2.05, 4.69) is 0 Å². The lowest BCUT2D eigenvalue weighted by Gasteiger charge is -2.21. The molecule has 0 aliphatic rings. The van der Waals surface area contributed by atoms with Gasteiger partial charge < -0.3 is 4.90 Å². The third-order valence-corrected chi connectivity index (χ3v) is 2.46. The van der Waals surface area contributed by atoms with Gasteiger partial charge in [0.05, 0.1) is 5.69 Å². The first-order valence-corrected chi connectivity index (χ1v) is 5.15. The summed E-state index contributed by atoms with van der Waals surface area (Å²) in [6, 6.07) is 4.63. The zero-order valence-electron chi connectivity index (χ0n) is 9.38. The summed E-state index contributed by atoms with van der Waals surface area (Å²) < 4.78 is 13.6. The van der Waals surface area contributed by atoms with E-state index in [1.54, 1.807) is 12.1 Å². The number of rotatable bonds is 4. The van der Waals surface area contributed by atoms with Crippen LogP contribution in [0.15, 0.2) is 18.2 Å². The Bertz CT molecular complexity index is 359. The molecule has 0 heterocycles. The number of nitrogens with zero attached hydrogens (tertiary/aromatic N) is 1. The Morgan fingerprint density at radius 2 is 1.93 bits per heavy atom. The highest BCUT2D eigenvalue weighted by Gasteiger charge is 2.10. The molecule has 0 unspecified atom stereocenters. The molecule has 0 bridgehead atoms. The zero-order chi connectivity index (χ0) is 11.4. The Hall–Kier alpha value is -1.38. The number of carbonyl (C=O) groups is 1. The van der Waals surface area contributed by atoms with Crippen LogP contribution < -0.4 is 4.90 Å². The molecule has 0 N–H and O–H groups in total. The lowest BCUT2D eigenvalue weighted by Crippen LogP contribution is -2.23. The fourth-order valence-corrected chi connectivity index (χ4v) is 1.55. The minimum Gasteiger partial charge on any atom is -0.370 e. The summed E-state index contributed by atoms with van der Waals surface area (Å²) in [4.78, 5) is 13.0. The van der Waals surface area contributed by atoms with E-state index in [0.717, 1.165) is 13.1 Å². The van der Waals surface area contributed by atoms with E-state index in [4.69, 9.17) is 0 Å². The predicted octanol–water partition coefficient (Wildman–Crippen LogP) is 2.87. The highest BCUT2D eigenvalue weighted by molar-refractivity contribution is 5.94. The molecule has 15 heavy (non-hydrogen) atoms. The number of ketones is 1. The number of carbonyl (C=O) groups excluding carboxylic acids is 1. The first-order chi connectivity index (χ1) is 7.10. The van der Waals surface area contributed by atoms with Gasteiger partial charge in [0.1, 0.15) is 5.82 Å². The smallest absolute Gasteiger partial charge is 0.159 e. The number of Topliss-reactive ketones (excluding diaryl/α,β-unsaturated/α-hetero) is 1. The standard InChI is InChI=1S/C12H16FNO/c1-4-14(5-2)12-7-6-10(9(3)15)8-11(12)13/h6-8H,4-5H2,1-3H3. The van der Waals surface area contributed by atoms with Gasteiger partial charge in [0.2, 0.25) is 0 Å². The summed E-state index contributed by atoms with van der Waals surface area (Å²) in [5.74, 6) is -0.439. The molecular formula is C12H16FNO. The van der Waals surface area contributed by atoms with Gasteiger partial charge in [-0.15, -0.1) is 0 Å². The molecule has 1 aromatic rings. The third kappa shape index (κ3) is 2.55. The minimum atomic E-state index is -0.327. The Morgan fingerprint density at radius 3 is 2.33 bits per heavy atom.